The van der Waals surface area contributed by atoms with E-state index < -0.39 is 0 Å². The first-order valence-corrected chi connectivity index (χ1v) is 6.53. The molecule has 0 saturated heterocycles. The van der Waals surface area contributed by atoms with Gasteiger partial charge in [-0.25, -0.2) is 0 Å². The lowest BCUT2D eigenvalue weighted by Crippen LogP contribution is -2.19. The topological polar surface area (TPSA) is 50.1 Å². The van der Waals surface area contributed by atoms with Crippen LogP contribution in [0.2, 0.25) is 5.02 Å². The first-order chi connectivity index (χ1) is 9.04. The highest BCUT2D eigenvalue weighted by Gasteiger charge is 2.01. The van der Waals surface area contributed by atoms with Crippen LogP contribution >= 0.6 is 23.8 Å². The Balaban J connectivity index is 2.01. The molecule has 3 nitrogen and oxygen atoms in total. The molecule has 0 atom stereocenters. The maximum Gasteiger partial charge on any atom is 0.175 e. The smallest absolute Gasteiger partial charge is 0.175 e. The number of hydrogen-bond acceptors (Lipinski definition) is 2. The minimum absolute atomic E-state index is 0.504. The van der Waals surface area contributed by atoms with Gasteiger partial charge in [0.15, 0.2) is 5.11 Å². The van der Waals surface area contributed by atoms with E-state index in [2.05, 4.69) is 10.6 Å². The molecule has 98 valence electrons. The standard InChI is InChI=1S/C14H14ClN3S/c1-9-2-5-12(8-13(9)15)18-14(19)17-11-6-3-10(16)4-7-11/h2-8H,16H2,1H3,(H2,17,18,19). The SMILES string of the molecule is Cc1ccc(NC(=S)Nc2ccc(N)cc2)cc1Cl. The molecule has 0 saturated carbocycles. The van der Waals surface area contributed by atoms with Crippen molar-refractivity contribution in [3.8, 4) is 0 Å². The molecule has 2 aromatic rings. The fraction of sp³-hybridized carbons (Fsp3) is 0.0714. The van der Waals surface area contributed by atoms with Gasteiger partial charge in [-0.05, 0) is 61.1 Å². The third kappa shape index (κ3) is 3.84. The van der Waals surface area contributed by atoms with Crippen LogP contribution in [0.3, 0.4) is 0 Å². The van der Waals surface area contributed by atoms with E-state index in [0.717, 1.165) is 22.6 Å². The number of nitrogens with two attached hydrogens (primary N) is 1. The Labute approximate surface area is 122 Å². The summed E-state index contributed by atoms with van der Waals surface area (Å²) in [5, 5.41) is 7.36. The van der Waals surface area contributed by atoms with Gasteiger partial charge in [-0.1, -0.05) is 17.7 Å². The van der Waals surface area contributed by atoms with Crippen molar-refractivity contribution >= 4 is 46.0 Å². The molecule has 0 aliphatic carbocycles. The van der Waals surface area contributed by atoms with Crippen LogP contribution in [0.15, 0.2) is 42.5 Å². The summed E-state index contributed by atoms with van der Waals surface area (Å²) in [6, 6.07) is 13.1. The minimum atomic E-state index is 0.504. The highest BCUT2D eigenvalue weighted by atomic mass is 35.5. The van der Waals surface area contributed by atoms with Crippen LogP contribution in [-0.2, 0) is 0 Å². The number of nitrogen functional groups attached to an aromatic ring is 1. The minimum Gasteiger partial charge on any atom is -0.399 e. The molecule has 0 radical (unpaired) electrons. The Morgan fingerprint density at radius 1 is 1.05 bits per heavy atom. The van der Waals surface area contributed by atoms with E-state index in [1.807, 2.05) is 49.4 Å². The van der Waals surface area contributed by atoms with Crippen LogP contribution in [-0.4, -0.2) is 5.11 Å². The lowest BCUT2D eigenvalue weighted by molar-refractivity contribution is 1.46. The van der Waals surface area contributed by atoms with E-state index in [9.17, 15) is 0 Å². The average Bonchev–Trinajstić information content (AvgIpc) is 2.37. The van der Waals surface area contributed by atoms with Crippen LogP contribution in [0.25, 0.3) is 0 Å². The van der Waals surface area contributed by atoms with Crippen molar-refractivity contribution in [3.63, 3.8) is 0 Å². The number of nitrogens with one attached hydrogen (secondary N) is 2. The van der Waals surface area contributed by atoms with E-state index in [4.69, 9.17) is 29.6 Å². The van der Waals surface area contributed by atoms with Crippen LogP contribution in [0, 0.1) is 6.92 Å². The molecule has 0 spiro atoms. The van der Waals surface area contributed by atoms with Crippen molar-refractivity contribution in [3.05, 3.63) is 53.1 Å². The van der Waals surface area contributed by atoms with Gasteiger partial charge in [0.05, 0.1) is 0 Å². The molecule has 4 N–H and O–H groups in total. The number of rotatable bonds is 2. The molecular formula is C14H14ClN3S. The van der Waals surface area contributed by atoms with Crippen molar-refractivity contribution in [2.24, 2.45) is 0 Å². The van der Waals surface area contributed by atoms with Crippen LogP contribution < -0.4 is 16.4 Å². The summed E-state index contributed by atoms with van der Waals surface area (Å²) in [6.07, 6.45) is 0. The highest BCUT2D eigenvalue weighted by molar-refractivity contribution is 7.80. The van der Waals surface area contributed by atoms with Crippen molar-refractivity contribution in [1.82, 2.24) is 0 Å². The summed E-state index contributed by atoms with van der Waals surface area (Å²) >= 11 is 11.3. The first-order valence-electron chi connectivity index (χ1n) is 5.74. The molecule has 2 aromatic carbocycles. The second-order valence-electron chi connectivity index (χ2n) is 4.17. The van der Waals surface area contributed by atoms with Crippen LogP contribution in [0.1, 0.15) is 5.56 Å². The number of aryl methyl sites for hydroxylation is 1. The molecule has 0 fully saturated rings. The lowest BCUT2D eigenvalue weighted by atomic mass is 10.2. The largest absolute Gasteiger partial charge is 0.399 e. The molecule has 0 aliphatic rings. The second kappa shape index (κ2) is 5.91. The van der Waals surface area contributed by atoms with Gasteiger partial charge in [0.2, 0.25) is 0 Å². The van der Waals surface area contributed by atoms with Crippen molar-refractivity contribution in [2.45, 2.75) is 6.92 Å². The number of benzene rings is 2. The molecule has 2 rings (SSSR count). The molecule has 0 unspecified atom stereocenters. The molecule has 19 heavy (non-hydrogen) atoms. The Morgan fingerprint density at radius 3 is 2.26 bits per heavy atom. The van der Waals surface area contributed by atoms with Crippen molar-refractivity contribution in [2.75, 3.05) is 16.4 Å². The van der Waals surface area contributed by atoms with Gasteiger partial charge in [0, 0.05) is 22.1 Å². The van der Waals surface area contributed by atoms with Gasteiger partial charge < -0.3 is 16.4 Å². The summed E-state index contributed by atoms with van der Waals surface area (Å²) in [7, 11) is 0. The zero-order chi connectivity index (χ0) is 13.8. The average molecular weight is 292 g/mol. The van der Waals surface area contributed by atoms with E-state index in [1.165, 1.54) is 0 Å². The Bertz CT molecular complexity index is 596. The second-order valence-corrected chi connectivity index (χ2v) is 4.98. The summed E-state index contributed by atoms with van der Waals surface area (Å²) in [6.45, 7) is 1.96. The summed E-state index contributed by atoms with van der Waals surface area (Å²) in [5.74, 6) is 0. The normalized spacial score (nSPS) is 10.0. The third-order valence-electron chi connectivity index (χ3n) is 2.60. The third-order valence-corrected chi connectivity index (χ3v) is 3.21. The molecule has 0 aromatic heterocycles. The number of anilines is 3. The van der Waals surface area contributed by atoms with E-state index in [0.29, 0.717) is 10.1 Å². The maximum atomic E-state index is 6.06. The monoisotopic (exact) mass is 291 g/mol. The number of thiocarbonyl (C=S) groups is 1. The fourth-order valence-electron chi connectivity index (χ4n) is 1.53. The molecule has 0 aliphatic heterocycles. The zero-order valence-electron chi connectivity index (χ0n) is 10.4. The molecular weight excluding hydrogens is 278 g/mol. The molecule has 0 amide bonds. The van der Waals surface area contributed by atoms with Gasteiger partial charge in [0.1, 0.15) is 0 Å². The van der Waals surface area contributed by atoms with Gasteiger partial charge in [-0.3, -0.25) is 0 Å². The van der Waals surface area contributed by atoms with E-state index in [1.54, 1.807) is 0 Å². The molecule has 5 heteroatoms. The summed E-state index contributed by atoms with van der Waals surface area (Å²) < 4.78 is 0. The number of hydrogen-bond donors (Lipinski definition) is 3. The lowest BCUT2D eigenvalue weighted by Gasteiger charge is -2.11. The predicted molar refractivity (Wildman–Crippen MR) is 86.9 cm³/mol. The Hall–Kier alpha value is -1.78. The van der Waals surface area contributed by atoms with Gasteiger partial charge in [0.25, 0.3) is 0 Å². The Kier molecular flexibility index (Phi) is 4.24. The van der Waals surface area contributed by atoms with Crippen LogP contribution in [0.4, 0.5) is 17.1 Å². The Morgan fingerprint density at radius 2 is 1.63 bits per heavy atom. The van der Waals surface area contributed by atoms with E-state index in [-0.39, 0.29) is 0 Å². The highest BCUT2D eigenvalue weighted by Crippen LogP contribution is 2.20. The number of halogens is 1. The van der Waals surface area contributed by atoms with Crippen molar-refractivity contribution < 1.29 is 0 Å². The van der Waals surface area contributed by atoms with Crippen molar-refractivity contribution in [1.29, 1.82) is 0 Å². The molecule has 0 heterocycles. The predicted octanol–water partition coefficient (Wildman–Crippen LogP) is 4.04. The quantitative estimate of drug-likeness (QED) is 0.577. The zero-order valence-corrected chi connectivity index (χ0v) is 12.0. The van der Waals surface area contributed by atoms with E-state index >= 15 is 0 Å². The van der Waals surface area contributed by atoms with Gasteiger partial charge >= 0.3 is 0 Å². The first kappa shape index (κ1) is 13.6. The van der Waals surface area contributed by atoms with Gasteiger partial charge in [-0.15, -0.1) is 0 Å². The molecule has 0 bridgehead atoms. The maximum absolute atomic E-state index is 6.06. The van der Waals surface area contributed by atoms with Gasteiger partial charge in [-0.2, -0.15) is 0 Å². The fourth-order valence-corrected chi connectivity index (χ4v) is 1.95. The van der Waals surface area contributed by atoms with Crippen LogP contribution in [0.5, 0.6) is 0 Å². The summed E-state index contributed by atoms with van der Waals surface area (Å²) in [5.41, 5.74) is 9.10. The summed E-state index contributed by atoms with van der Waals surface area (Å²) in [4.78, 5) is 0.